The third-order valence-electron chi connectivity index (χ3n) is 4.89. The maximum atomic E-state index is 5.93. The number of nitrogens with zero attached hydrogens (tertiary/aromatic N) is 3. The van der Waals surface area contributed by atoms with Gasteiger partial charge >= 0.3 is 0 Å². The summed E-state index contributed by atoms with van der Waals surface area (Å²) in [4.78, 5) is 4.93. The number of thiophene rings is 1. The molecule has 0 spiro atoms. The molecule has 0 radical (unpaired) electrons. The third-order valence-corrected chi connectivity index (χ3v) is 5.74. The van der Waals surface area contributed by atoms with Gasteiger partial charge in [-0.3, -0.25) is 0 Å². The van der Waals surface area contributed by atoms with E-state index in [2.05, 4.69) is 46.8 Å². The molecule has 6 heteroatoms. The molecule has 4 aromatic rings. The van der Waals surface area contributed by atoms with E-state index in [1.807, 2.05) is 24.3 Å². The van der Waals surface area contributed by atoms with Gasteiger partial charge in [-0.15, -0.1) is 11.3 Å². The molecule has 3 heterocycles. The highest BCUT2D eigenvalue weighted by Gasteiger charge is 2.16. The van der Waals surface area contributed by atoms with Crippen LogP contribution in [0.4, 0.5) is 0 Å². The zero-order valence-corrected chi connectivity index (χ0v) is 17.3. The van der Waals surface area contributed by atoms with Crippen LogP contribution in [0.15, 0.2) is 48.0 Å². The summed E-state index contributed by atoms with van der Waals surface area (Å²) in [7, 11) is 3.77. The van der Waals surface area contributed by atoms with Gasteiger partial charge in [-0.1, -0.05) is 13.3 Å². The molecule has 0 aliphatic rings. The number of hydrogen-bond donors (Lipinski definition) is 0. The van der Waals surface area contributed by atoms with E-state index >= 15 is 0 Å². The first-order chi connectivity index (χ1) is 13.7. The van der Waals surface area contributed by atoms with Gasteiger partial charge in [0.2, 0.25) is 0 Å². The van der Waals surface area contributed by atoms with E-state index in [0.717, 1.165) is 48.1 Å². The van der Waals surface area contributed by atoms with Gasteiger partial charge in [0.1, 0.15) is 18.1 Å². The third kappa shape index (κ3) is 3.64. The van der Waals surface area contributed by atoms with Crippen molar-refractivity contribution in [1.82, 2.24) is 14.1 Å². The van der Waals surface area contributed by atoms with Gasteiger partial charge in [-0.25, -0.2) is 4.98 Å². The molecular formula is C22H25N3O2S. The number of fused-ring (bicyclic) bond motifs is 1. The van der Waals surface area contributed by atoms with Crippen LogP contribution >= 0.6 is 11.3 Å². The Kier molecular flexibility index (Phi) is 5.39. The Hall–Kier alpha value is -2.73. The molecule has 0 N–H and O–H groups in total. The SMILES string of the molecule is CCCc1cn(CCOc2ccc(OC)cc2)c(-c2cc3sccc3n2C)n1. The monoisotopic (exact) mass is 395 g/mol. The number of aryl methyl sites for hydroxylation is 2. The molecule has 0 fully saturated rings. The largest absolute Gasteiger partial charge is 0.497 e. The molecular weight excluding hydrogens is 370 g/mol. The first-order valence-corrected chi connectivity index (χ1v) is 10.4. The fraction of sp³-hybridized carbons (Fsp3) is 0.318. The van der Waals surface area contributed by atoms with Crippen molar-refractivity contribution in [3.63, 3.8) is 0 Å². The summed E-state index contributed by atoms with van der Waals surface area (Å²) < 4.78 is 16.9. The van der Waals surface area contributed by atoms with Crippen LogP contribution in [0.5, 0.6) is 11.5 Å². The van der Waals surface area contributed by atoms with E-state index < -0.39 is 0 Å². The van der Waals surface area contributed by atoms with E-state index in [1.54, 1.807) is 18.4 Å². The molecule has 0 bridgehead atoms. The lowest BCUT2D eigenvalue weighted by Crippen LogP contribution is -2.09. The lowest BCUT2D eigenvalue weighted by atomic mass is 10.3. The van der Waals surface area contributed by atoms with Gasteiger partial charge < -0.3 is 18.6 Å². The Morgan fingerprint density at radius 2 is 1.89 bits per heavy atom. The number of methoxy groups -OCH3 is 1. The zero-order valence-electron chi connectivity index (χ0n) is 16.5. The van der Waals surface area contributed by atoms with Crippen LogP contribution < -0.4 is 9.47 Å². The first-order valence-electron chi connectivity index (χ1n) is 9.55. The Labute approximate surface area is 169 Å². The Morgan fingerprint density at radius 1 is 1.11 bits per heavy atom. The van der Waals surface area contributed by atoms with Crippen molar-refractivity contribution in [2.45, 2.75) is 26.3 Å². The molecule has 1 aromatic carbocycles. The van der Waals surface area contributed by atoms with Gasteiger partial charge in [0.05, 0.1) is 35.3 Å². The molecule has 0 unspecified atom stereocenters. The predicted molar refractivity (Wildman–Crippen MR) is 115 cm³/mol. The average Bonchev–Trinajstić information content (AvgIpc) is 3.39. The fourth-order valence-electron chi connectivity index (χ4n) is 3.42. The van der Waals surface area contributed by atoms with Crippen LogP contribution in [0.2, 0.25) is 0 Å². The molecule has 146 valence electrons. The van der Waals surface area contributed by atoms with Gasteiger partial charge in [-0.05, 0) is 48.2 Å². The number of hydrogen-bond acceptors (Lipinski definition) is 4. The van der Waals surface area contributed by atoms with Crippen LogP contribution in [0.25, 0.3) is 21.7 Å². The minimum atomic E-state index is 0.583. The molecule has 0 aliphatic heterocycles. The standard InChI is InChI=1S/C22H25N3O2S/c1-4-5-16-15-25(11-12-27-18-8-6-17(26-3)7-9-18)22(23-16)20-14-21-19(24(20)2)10-13-28-21/h6-10,13-15H,4-5,11-12H2,1-3H3. The summed E-state index contributed by atoms with van der Waals surface area (Å²) in [5, 5.41) is 2.13. The van der Waals surface area contributed by atoms with Crippen LogP contribution in [0.1, 0.15) is 19.0 Å². The molecule has 0 amide bonds. The fourth-order valence-corrected chi connectivity index (χ4v) is 4.27. The second-order valence-electron chi connectivity index (χ2n) is 6.78. The van der Waals surface area contributed by atoms with E-state index in [9.17, 15) is 0 Å². The maximum Gasteiger partial charge on any atom is 0.157 e. The summed E-state index contributed by atoms with van der Waals surface area (Å²) in [5.74, 6) is 2.68. The smallest absolute Gasteiger partial charge is 0.157 e. The molecule has 0 aliphatic carbocycles. The van der Waals surface area contributed by atoms with Crippen LogP contribution in [0, 0.1) is 0 Å². The minimum absolute atomic E-state index is 0.583. The van der Waals surface area contributed by atoms with Crippen molar-refractivity contribution in [3.05, 3.63) is 53.7 Å². The normalized spacial score (nSPS) is 11.2. The van der Waals surface area contributed by atoms with E-state index in [0.29, 0.717) is 6.61 Å². The average molecular weight is 396 g/mol. The quantitative estimate of drug-likeness (QED) is 0.415. The van der Waals surface area contributed by atoms with Gasteiger partial charge in [0.15, 0.2) is 5.82 Å². The van der Waals surface area contributed by atoms with E-state index in [-0.39, 0.29) is 0 Å². The maximum absolute atomic E-state index is 5.93. The number of rotatable bonds is 8. The van der Waals surface area contributed by atoms with Crippen molar-refractivity contribution in [2.75, 3.05) is 13.7 Å². The van der Waals surface area contributed by atoms with Crippen molar-refractivity contribution >= 4 is 21.6 Å². The molecule has 0 saturated carbocycles. The Bertz CT molecular complexity index is 1060. The minimum Gasteiger partial charge on any atom is -0.497 e. The topological polar surface area (TPSA) is 41.2 Å². The zero-order chi connectivity index (χ0) is 19.5. The van der Waals surface area contributed by atoms with Gasteiger partial charge in [-0.2, -0.15) is 0 Å². The molecule has 0 atom stereocenters. The lowest BCUT2D eigenvalue weighted by molar-refractivity contribution is 0.298. The number of benzene rings is 1. The second-order valence-corrected chi connectivity index (χ2v) is 7.73. The highest BCUT2D eigenvalue weighted by atomic mass is 32.1. The highest BCUT2D eigenvalue weighted by molar-refractivity contribution is 7.17. The highest BCUT2D eigenvalue weighted by Crippen LogP contribution is 2.30. The molecule has 0 saturated heterocycles. The van der Waals surface area contributed by atoms with Crippen LogP contribution in [0.3, 0.4) is 0 Å². The van der Waals surface area contributed by atoms with Crippen LogP contribution in [-0.2, 0) is 20.0 Å². The van der Waals surface area contributed by atoms with Crippen molar-refractivity contribution < 1.29 is 9.47 Å². The summed E-state index contributed by atoms with van der Waals surface area (Å²) in [6.07, 6.45) is 4.23. The van der Waals surface area contributed by atoms with Gasteiger partial charge in [0.25, 0.3) is 0 Å². The predicted octanol–water partition coefficient (Wildman–Crippen LogP) is 5.14. The summed E-state index contributed by atoms with van der Waals surface area (Å²) in [5.41, 5.74) is 3.53. The number of imidazole rings is 1. The number of ether oxygens (including phenoxy) is 2. The van der Waals surface area contributed by atoms with Crippen LogP contribution in [-0.4, -0.2) is 27.8 Å². The van der Waals surface area contributed by atoms with E-state index in [1.165, 1.54) is 10.2 Å². The lowest BCUT2D eigenvalue weighted by Gasteiger charge is -2.11. The number of aromatic nitrogens is 3. The van der Waals surface area contributed by atoms with Crippen molar-refractivity contribution in [1.29, 1.82) is 0 Å². The van der Waals surface area contributed by atoms with E-state index in [4.69, 9.17) is 14.5 Å². The first kappa shape index (κ1) is 18.6. The molecule has 5 nitrogen and oxygen atoms in total. The van der Waals surface area contributed by atoms with Gasteiger partial charge in [0, 0.05) is 13.2 Å². The Morgan fingerprint density at radius 3 is 2.61 bits per heavy atom. The van der Waals surface area contributed by atoms with Crippen molar-refractivity contribution in [2.24, 2.45) is 7.05 Å². The summed E-state index contributed by atoms with van der Waals surface area (Å²) in [6, 6.07) is 12.1. The molecule has 28 heavy (non-hydrogen) atoms. The second kappa shape index (κ2) is 8.10. The summed E-state index contributed by atoms with van der Waals surface area (Å²) in [6.45, 7) is 3.51. The summed E-state index contributed by atoms with van der Waals surface area (Å²) >= 11 is 1.77. The molecule has 4 rings (SSSR count). The van der Waals surface area contributed by atoms with Crippen molar-refractivity contribution in [3.8, 4) is 23.0 Å². The molecule has 3 aromatic heterocycles. The Balaban J connectivity index is 1.55.